The van der Waals surface area contributed by atoms with Gasteiger partial charge in [-0.15, -0.1) is 0 Å². The van der Waals surface area contributed by atoms with Crippen LogP contribution in [0.5, 0.6) is 0 Å². The Kier molecular flexibility index (Phi) is 7.63. The van der Waals surface area contributed by atoms with Crippen LogP contribution in [0.2, 0.25) is 5.02 Å². The molecule has 1 heterocycles. The van der Waals surface area contributed by atoms with Gasteiger partial charge in [0.2, 0.25) is 10.0 Å². The van der Waals surface area contributed by atoms with E-state index in [1.54, 1.807) is 24.3 Å². The maximum Gasteiger partial charge on any atom is 0.251 e. The summed E-state index contributed by atoms with van der Waals surface area (Å²) in [5.41, 5.74) is 1.30. The number of nitrogens with one attached hydrogen (secondary N) is 2. The summed E-state index contributed by atoms with van der Waals surface area (Å²) in [6, 6.07) is 12.8. The highest BCUT2D eigenvalue weighted by Gasteiger charge is 2.14. The zero-order valence-corrected chi connectivity index (χ0v) is 17.5. The lowest BCUT2D eigenvalue weighted by Gasteiger charge is -2.26. The van der Waals surface area contributed by atoms with E-state index in [0.717, 1.165) is 38.4 Å². The third-order valence-corrected chi connectivity index (χ3v) is 6.29. The molecule has 1 saturated heterocycles. The molecule has 1 fully saturated rings. The molecule has 2 aromatic carbocycles. The third kappa shape index (κ3) is 6.52. The molecule has 1 aliphatic rings. The van der Waals surface area contributed by atoms with Gasteiger partial charge in [0.25, 0.3) is 5.91 Å². The van der Waals surface area contributed by atoms with Crippen LogP contribution in [-0.4, -0.2) is 58.6 Å². The fraction of sp³-hybridized carbons (Fsp3) is 0.350. The minimum absolute atomic E-state index is 0.129. The first-order chi connectivity index (χ1) is 13.9. The summed E-state index contributed by atoms with van der Waals surface area (Å²) in [4.78, 5) is 14.7. The molecule has 0 aliphatic carbocycles. The molecule has 0 aromatic heterocycles. The molecular weight excluding hydrogens is 414 g/mol. The van der Waals surface area contributed by atoms with Crippen molar-refractivity contribution in [1.29, 1.82) is 0 Å². The topological polar surface area (TPSA) is 87.7 Å². The van der Waals surface area contributed by atoms with E-state index in [0.29, 0.717) is 17.1 Å². The van der Waals surface area contributed by atoms with Crippen LogP contribution in [0.25, 0.3) is 0 Å². The summed E-state index contributed by atoms with van der Waals surface area (Å²) >= 11 is 5.79. The molecular formula is C20H24ClN3O4S. The molecule has 7 nitrogen and oxygen atoms in total. The summed E-state index contributed by atoms with van der Waals surface area (Å²) in [6.07, 6.45) is 0. The number of hydrogen-bond acceptors (Lipinski definition) is 5. The predicted octanol–water partition coefficient (Wildman–Crippen LogP) is 1.88. The highest BCUT2D eigenvalue weighted by Crippen LogP contribution is 2.14. The van der Waals surface area contributed by atoms with Crippen molar-refractivity contribution < 1.29 is 17.9 Å². The van der Waals surface area contributed by atoms with Crippen molar-refractivity contribution in [3.8, 4) is 0 Å². The van der Waals surface area contributed by atoms with E-state index < -0.39 is 10.0 Å². The standard InChI is InChI=1S/C20H24ClN3O4S/c21-18-5-7-19(8-6-18)29(26,27)23-15-16-1-3-17(4-2-16)20(25)22-9-10-24-11-13-28-14-12-24/h1-8,23H,9-15H2,(H,22,25). The maximum absolute atomic E-state index is 12.3. The SMILES string of the molecule is O=C(NCCN1CCOCC1)c1ccc(CNS(=O)(=O)c2ccc(Cl)cc2)cc1. The number of morpholine rings is 1. The number of carbonyl (C=O) groups is 1. The Bertz CT molecular complexity index is 912. The smallest absolute Gasteiger partial charge is 0.251 e. The lowest BCUT2D eigenvalue weighted by Crippen LogP contribution is -2.41. The fourth-order valence-electron chi connectivity index (χ4n) is 2.90. The van der Waals surface area contributed by atoms with E-state index in [1.807, 2.05) is 0 Å². The second-order valence-corrected chi connectivity index (χ2v) is 8.89. The van der Waals surface area contributed by atoms with Gasteiger partial charge in [-0.25, -0.2) is 13.1 Å². The van der Waals surface area contributed by atoms with Gasteiger partial charge in [0.05, 0.1) is 18.1 Å². The normalized spacial score (nSPS) is 15.2. The van der Waals surface area contributed by atoms with Crippen LogP contribution in [0, 0.1) is 0 Å². The number of sulfonamides is 1. The molecule has 2 N–H and O–H groups in total. The quantitative estimate of drug-likeness (QED) is 0.658. The zero-order valence-electron chi connectivity index (χ0n) is 15.9. The van der Waals surface area contributed by atoms with Crippen molar-refractivity contribution in [2.24, 2.45) is 0 Å². The molecule has 0 spiro atoms. The van der Waals surface area contributed by atoms with Crippen LogP contribution in [0.15, 0.2) is 53.4 Å². The summed E-state index contributed by atoms with van der Waals surface area (Å²) < 4.78 is 32.5. The van der Waals surface area contributed by atoms with Gasteiger partial charge in [0, 0.05) is 43.3 Å². The summed E-state index contributed by atoms with van der Waals surface area (Å²) in [5, 5.41) is 3.38. The van der Waals surface area contributed by atoms with Crippen LogP contribution < -0.4 is 10.0 Å². The number of nitrogens with zero attached hydrogens (tertiary/aromatic N) is 1. The number of halogens is 1. The Balaban J connectivity index is 1.47. The first-order valence-electron chi connectivity index (χ1n) is 9.36. The highest BCUT2D eigenvalue weighted by atomic mass is 35.5. The molecule has 0 bridgehead atoms. The van der Waals surface area contributed by atoms with Crippen molar-refractivity contribution in [3.63, 3.8) is 0 Å². The van der Waals surface area contributed by atoms with Gasteiger partial charge < -0.3 is 10.1 Å². The minimum Gasteiger partial charge on any atom is -0.379 e. The van der Waals surface area contributed by atoms with Gasteiger partial charge >= 0.3 is 0 Å². The van der Waals surface area contributed by atoms with Crippen molar-refractivity contribution in [1.82, 2.24) is 14.9 Å². The average molecular weight is 438 g/mol. The van der Waals surface area contributed by atoms with Crippen molar-refractivity contribution >= 4 is 27.5 Å². The Hall–Kier alpha value is -1.97. The van der Waals surface area contributed by atoms with Gasteiger partial charge in [-0.3, -0.25) is 9.69 Å². The van der Waals surface area contributed by atoms with Crippen LogP contribution >= 0.6 is 11.6 Å². The van der Waals surface area contributed by atoms with E-state index in [4.69, 9.17) is 16.3 Å². The number of amides is 1. The number of carbonyl (C=O) groups excluding carboxylic acids is 1. The van der Waals surface area contributed by atoms with Crippen LogP contribution in [0.1, 0.15) is 15.9 Å². The summed E-state index contributed by atoms with van der Waals surface area (Å²) in [7, 11) is -3.63. The van der Waals surface area contributed by atoms with E-state index in [2.05, 4.69) is 14.9 Å². The van der Waals surface area contributed by atoms with Crippen LogP contribution in [-0.2, 0) is 21.3 Å². The third-order valence-electron chi connectivity index (χ3n) is 4.62. The molecule has 1 aliphatic heterocycles. The van der Waals surface area contributed by atoms with Crippen molar-refractivity contribution in [2.75, 3.05) is 39.4 Å². The number of hydrogen-bond donors (Lipinski definition) is 2. The van der Waals surface area contributed by atoms with Crippen molar-refractivity contribution in [3.05, 3.63) is 64.7 Å². The van der Waals surface area contributed by atoms with Gasteiger partial charge in [0.15, 0.2) is 0 Å². The van der Waals surface area contributed by atoms with E-state index >= 15 is 0 Å². The Morgan fingerprint density at radius 3 is 2.34 bits per heavy atom. The van der Waals surface area contributed by atoms with Gasteiger partial charge in [-0.1, -0.05) is 23.7 Å². The number of rotatable bonds is 8. The molecule has 0 radical (unpaired) electrons. The molecule has 1 amide bonds. The summed E-state index contributed by atoms with van der Waals surface area (Å²) in [5.74, 6) is -0.147. The van der Waals surface area contributed by atoms with Crippen LogP contribution in [0.4, 0.5) is 0 Å². The van der Waals surface area contributed by atoms with E-state index in [-0.39, 0.29) is 17.3 Å². The molecule has 29 heavy (non-hydrogen) atoms. The van der Waals surface area contributed by atoms with E-state index in [9.17, 15) is 13.2 Å². The molecule has 0 saturated carbocycles. The van der Waals surface area contributed by atoms with Gasteiger partial charge in [-0.05, 0) is 42.0 Å². The molecule has 9 heteroatoms. The van der Waals surface area contributed by atoms with Crippen LogP contribution in [0.3, 0.4) is 0 Å². The molecule has 0 unspecified atom stereocenters. The lowest BCUT2D eigenvalue weighted by atomic mass is 10.1. The molecule has 0 atom stereocenters. The highest BCUT2D eigenvalue weighted by molar-refractivity contribution is 7.89. The van der Waals surface area contributed by atoms with Crippen molar-refractivity contribution in [2.45, 2.75) is 11.4 Å². The number of benzene rings is 2. The van der Waals surface area contributed by atoms with Gasteiger partial charge in [-0.2, -0.15) is 0 Å². The summed E-state index contributed by atoms with van der Waals surface area (Å²) in [6.45, 7) is 4.73. The average Bonchev–Trinajstić information content (AvgIpc) is 2.74. The molecule has 156 valence electrons. The zero-order chi connectivity index (χ0) is 20.7. The lowest BCUT2D eigenvalue weighted by molar-refractivity contribution is 0.0383. The largest absolute Gasteiger partial charge is 0.379 e. The molecule has 3 rings (SSSR count). The fourth-order valence-corrected chi connectivity index (χ4v) is 4.05. The predicted molar refractivity (Wildman–Crippen MR) is 112 cm³/mol. The Labute approximate surface area is 176 Å². The first-order valence-corrected chi connectivity index (χ1v) is 11.2. The Morgan fingerprint density at radius 1 is 1.03 bits per heavy atom. The molecule has 2 aromatic rings. The minimum atomic E-state index is -3.63. The van der Waals surface area contributed by atoms with Gasteiger partial charge in [0.1, 0.15) is 0 Å². The maximum atomic E-state index is 12.3. The van der Waals surface area contributed by atoms with E-state index in [1.165, 1.54) is 24.3 Å². The number of ether oxygens (including phenoxy) is 1. The first kappa shape index (κ1) is 21.7. The second kappa shape index (κ2) is 10.2. The second-order valence-electron chi connectivity index (χ2n) is 6.69. The Morgan fingerprint density at radius 2 is 1.69 bits per heavy atom. The monoisotopic (exact) mass is 437 g/mol.